The standard InChI is InChI=1S/C21H17ClN4O2S/c1-14-4-7-16(28-14)13-26-19(10-12-24-26)25-20(27)18-3-2-11-23-21(18)29-17-8-5-15(22)6-9-17/h2-12H,13H2,1H3,(H,25,27). The predicted octanol–water partition coefficient (Wildman–Crippen LogP) is 5.28. The van der Waals surface area contributed by atoms with Gasteiger partial charge in [-0.3, -0.25) is 4.79 Å². The molecule has 0 fully saturated rings. The van der Waals surface area contributed by atoms with Gasteiger partial charge in [0.15, 0.2) is 0 Å². The SMILES string of the molecule is Cc1ccc(Cn2nccc2NC(=O)c2cccnc2Sc2ccc(Cl)cc2)o1. The molecule has 0 spiro atoms. The van der Waals surface area contributed by atoms with Crippen LogP contribution in [0.15, 0.2) is 81.3 Å². The number of carbonyl (C=O) groups is 1. The zero-order chi connectivity index (χ0) is 20.2. The Labute approximate surface area is 176 Å². The van der Waals surface area contributed by atoms with E-state index in [2.05, 4.69) is 15.4 Å². The number of rotatable bonds is 6. The molecule has 3 aromatic heterocycles. The maximum absolute atomic E-state index is 12.9. The molecule has 0 saturated carbocycles. The molecule has 0 aliphatic carbocycles. The Morgan fingerprint density at radius 2 is 1.97 bits per heavy atom. The monoisotopic (exact) mass is 424 g/mol. The Balaban J connectivity index is 1.52. The van der Waals surface area contributed by atoms with Crippen molar-refractivity contribution < 1.29 is 9.21 Å². The van der Waals surface area contributed by atoms with Crippen molar-refractivity contribution in [2.75, 3.05) is 5.32 Å². The molecule has 0 aliphatic rings. The molecule has 3 heterocycles. The van der Waals surface area contributed by atoms with E-state index in [-0.39, 0.29) is 5.91 Å². The van der Waals surface area contributed by atoms with Gasteiger partial charge in [0.2, 0.25) is 0 Å². The molecule has 6 nitrogen and oxygen atoms in total. The van der Waals surface area contributed by atoms with Crippen LogP contribution in [-0.4, -0.2) is 20.7 Å². The van der Waals surface area contributed by atoms with E-state index < -0.39 is 0 Å². The van der Waals surface area contributed by atoms with E-state index in [1.54, 1.807) is 35.3 Å². The van der Waals surface area contributed by atoms with Gasteiger partial charge in [-0.2, -0.15) is 5.10 Å². The fraction of sp³-hybridized carbons (Fsp3) is 0.0952. The first-order valence-corrected chi connectivity index (χ1v) is 10.0. The lowest BCUT2D eigenvalue weighted by Gasteiger charge is -2.10. The van der Waals surface area contributed by atoms with Crippen LogP contribution in [-0.2, 0) is 6.54 Å². The second-order valence-corrected chi connectivity index (χ2v) is 7.75. The lowest BCUT2D eigenvalue weighted by Crippen LogP contribution is -2.17. The maximum atomic E-state index is 12.9. The number of amides is 1. The summed E-state index contributed by atoms with van der Waals surface area (Å²) in [4.78, 5) is 18.3. The Kier molecular flexibility index (Phi) is 5.69. The number of nitrogens with one attached hydrogen (secondary N) is 1. The molecule has 29 heavy (non-hydrogen) atoms. The first-order chi connectivity index (χ1) is 14.1. The average Bonchev–Trinajstić information content (AvgIpc) is 3.33. The van der Waals surface area contributed by atoms with Crippen LogP contribution in [0.4, 0.5) is 5.82 Å². The molecule has 0 aliphatic heterocycles. The van der Waals surface area contributed by atoms with E-state index in [0.717, 1.165) is 16.4 Å². The highest BCUT2D eigenvalue weighted by Gasteiger charge is 2.16. The number of aryl methyl sites for hydroxylation is 1. The van der Waals surface area contributed by atoms with Crippen LogP contribution < -0.4 is 5.32 Å². The van der Waals surface area contributed by atoms with Crippen molar-refractivity contribution in [3.63, 3.8) is 0 Å². The van der Waals surface area contributed by atoms with Crippen LogP contribution in [0.5, 0.6) is 0 Å². The predicted molar refractivity (Wildman–Crippen MR) is 113 cm³/mol. The number of carbonyl (C=O) groups excluding carboxylic acids is 1. The summed E-state index contributed by atoms with van der Waals surface area (Å²) < 4.78 is 7.28. The molecule has 0 unspecified atom stereocenters. The second kappa shape index (κ2) is 8.55. The summed E-state index contributed by atoms with van der Waals surface area (Å²) in [5.74, 6) is 1.92. The molecular weight excluding hydrogens is 408 g/mol. The summed E-state index contributed by atoms with van der Waals surface area (Å²) in [6, 6.07) is 16.4. The minimum atomic E-state index is -0.257. The highest BCUT2D eigenvalue weighted by atomic mass is 35.5. The third-order valence-corrected chi connectivity index (χ3v) is 5.38. The molecule has 0 bridgehead atoms. The van der Waals surface area contributed by atoms with Crippen LogP contribution in [0, 0.1) is 6.92 Å². The first-order valence-electron chi connectivity index (χ1n) is 8.85. The molecule has 0 atom stereocenters. The molecule has 1 amide bonds. The summed E-state index contributed by atoms with van der Waals surface area (Å²) in [7, 11) is 0. The molecule has 8 heteroatoms. The van der Waals surface area contributed by atoms with E-state index in [4.69, 9.17) is 16.0 Å². The van der Waals surface area contributed by atoms with E-state index in [0.29, 0.717) is 28.0 Å². The van der Waals surface area contributed by atoms with Crippen molar-refractivity contribution in [1.82, 2.24) is 14.8 Å². The molecule has 0 saturated heterocycles. The number of pyridine rings is 1. The smallest absolute Gasteiger partial charge is 0.259 e. The van der Waals surface area contributed by atoms with Crippen LogP contribution in [0.2, 0.25) is 5.02 Å². The quantitative estimate of drug-likeness (QED) is 0.455. The summed E-state index contributed by atoms with van der Waals surface area (Å²) >= 11 is 7.35. The number of halogens is 1. The maximum Gasteiger partial charge on any atom is 0.259 e. The number of nitrogens with zero attached hydrogens (tertiary/aromatic N) is 3. The average molecular weight is 425 g/mol. The lowest BCUT2D eigenvalue weighted by molar-refractivity contribution is 0.102. The third-order valence-electron chi connectivity index (χ3n) is 4.10. The van der Waals surface area contributed by atoms with Gasteiger partial charge < -0.3 is 9.73 Å². The minimum absolute atomic E-state index is 0.257. The van der Waals surface area contributed by atoms with Gasteiger partial charge in [-0.1, -0.05) is 23.4 Å². The summed E-state index contributed by atoms with van der Waals surface area (Å²) in [5.41, 5.74) is 0.481. The molecular formula is C21H17ClN4O2S. The lowest BCUT2D eigenvalue weighted by atomic mass is 10.2. The van der Waals surface area contributed by atoms with Crippen molar-refractivity contribution in [1.29, 1.82) is 0 Å². The molecule has 146 valence electrons. The number of hydrogen-bond acceptors (Lipinski definition) is 5. The van der Waals surface area contributed by atoms with Gasteiger partial charge in [-0.15, -0.1) is 0 Å². The van der Waals surface area contributed by atoms with Gasteiger partial charge in [-0.25, -0.2) is 9.67 Å². The Bertz CT molecular complexity index is 1140. The zero-order valence-electron chi connectivity index (χ0n) is 15.5. The van der Waals surface area contributed by atoms with Crippen molar-refractivity contribution in [3.8, 4) is 0 Å². The molecule has 1 N–H and O–H groups in total. The number of furan rings is 1. The molecule has 0 radical (unpaired) electrons. The van der Waals surface area contributed by atoms with Crippen molar-refractivity contribution in [3.05, 3.63) is 89.1 Å². The van der Waals surface area contributed by atoms with Gasteiger partial charge in [0.05, 0.1) is 11.8 Å². The minimum Gasteiger partial charge on any atom is -0.464 e. The number of anilines is 1. The van der Waals surface area contributed by atoms with Crippen LogP contribution in [0.1, 0.15) is 21.9 Å². The van der Waals surface area contributed by atoms with Crippen LogP contribution >= 0.6 is 23.4 Å². The van der Waals surface area contributed by atoms with Crippen molar-refractivity contribution in [2.24, 2.45) is 0 Å². The number of hydrogen-bond donors (Lipinski definition) is 1. The number of benzene rings is 1. The summed E-state index contributed by atoms with van der Waals surface area (Å²) in [5, 5.41) is 8.46. The third kappa shape index (κ3) is 4.70. The van der Waals surface area contributed by atoms with Gasteiger partial charge in [0, 0.05) is 22.2 Å². The van der Waals surface area contributed by atoms with E-state index in [1.165, 1.54) is 11.8 Å². The molecule has 4 rings (SSSR count). The van der Waals surface area contributed by atoms with Gasteiger partial charge >= 0.3 is 0 Å². The van der Waals surface area contributed by atoms with Gasteiger partial charge in [0.1, 0.15) is 28.9 Å². The number of aromatic nitrogens is 3. The van der Waals surface area contributed by atoms with Crippen LogP contribution in [0.3, 0.4) is 0 Å². The molecule has 4 aromatic rings. The Hall–Kier alpha value is -3.03. The fourth-order valence-electron chi connectivity index (χ4n) is 2.73. The highest BCUT2D eigenvalue weighted by Crippen LogP contribution is 2.30. The summed E-state index contributed by atoms with van der Waals surface area (Å²) in [6.45, 7) is 2.31. The van der Waals surface area contributed by atoms with Crippen LogP contribution in [0.25, 0.3) is 0 Å². The van der Waals surface area contributed by atoms with E-state index >= 15 is 0 Å². The van der Waals surface area contributed by atoms with Gasteiger partial charge in [0.25, 0.3) is 5.91 Å². The Morgan fingerprint density at radius 1 is 1.14 bits per heavy atom. The Morgan fingerprint density at radius 3 is 2.72 bits per heavy atom. The normalized spacial score (nSPS) is 10.8. The van der Waals surface area contributed by atoms with E-state index in [1.807, 2.05) is 43.3 Å². The molecule has 1 aromatic carbocycles. The highest BCUT2D eigenvalue weighted by molar-refractivity contribution is 7.99. The van der Waals surface area contributed by atoms with Gasteiger partial charge in [-0.05, 0) is 55.5 Å². The topological polar surface area (TPSA) is 73.0 Å². The second-order valence-electron chi connectivity index (χ2n) is 6.25. The van der Waals surface area contributed by atoms with Crippen molar-refractivity contribution >= 4 is 35.1 Å². The van der Waals surface area contributed by atoms with E-state index in [9.17, 15) is 4.79 Å². The fourth-order valence-corrected chi connectivity index (χ4v) is 3.73. The largest absolute Gasteiger partial charge is 0.464 e. The first kappa shape index (κ1) is 19.3. The van der Waals surface area contributed by atoms with Crippen molar-refractivity contribution in [2.45, 2.75) is 23.4 Å². The summed E-state index contributed by atoms with van der Waals surface area (Å²) in [6.07, 6.45) is 3.30. The zero-order valence-corrected chi connectivity index (χ0v) is 17.1.